The van der Waals surface area contributed by atoms with Gasteiger partial charge in [-0.3, -0.25) is 0 Å². The fourth-order valence-corrected chi connectivity index (χ4v) is 1.29. The fraction of sp³-hybridized carbons (Fsp3) is 0.900. The lowest BCUT2D eigenvalue weighted by Crippen LogP contribution is -1.98. The van der Waals surface area contributed by atoms with Crippen LogP contribution in [0.1, 0.15) is 52.4 Å². The quantitative estimate of drug-likeness (QED) is 0.580. The van der Waals surface area contributed by atoms with E-state index in [1.54, 1.807) is 0 Å². The van der Waals surface area contributed by atoms with Crippen molar-refractivity contribution in [2.45, 2.75) is 52.4 Å². The average Bonchev–Trinajstić information content (AvgIpc) is 2.00. The van der Waals surface area contributed by atoms with E-state index in [-0.39, 0.29) is 6.42 Å². The molecule has 0 aromatic heterocycles. The average molecular weight is 171 g/mol. The Morgan fingerprint density at radius 1 is 1.25 bits per heavy atom. The van der Waals surface area contributed by atoms with Gasteiger partial charge in [-0.2, -0.15) is 0 Å². The second kappa shape index (κ2) is 7.14. The monoisotopic (exact) mass is 171 g/mol. The summed E-state index contributed by atoms with van der Waals surface area (Å²) in [4.78, 5) is 10.1. The minimum atomic E-state index is -0.919. The molecule has 0 aliphatic heterocycles. The Balaban J connectivity index is 3.19. The molecule has 2 heteroatoms. The number of unbranched alkanes of at least 4 members (excludes halogenated alkanes) is 1. The maximum Gasteiger partial charge on any atom is 0.355 e. The van der Waals surface area contributed by atoms with Crippen LogP contribution in [0, 0.1) is 5.92 Å². The zero-order valence-corrected chi connectivity index (χ0v) is 8.14. The van der Waals surface area contributed by atoms with Gasteiger partial charge >= 0.3 is 5.97 Å². The normalized spacial score (nSPS) is 12.8. The summed E-state index contributed by atoms with van der Waals surface area (Å²) in [5.74, 6) is -0.248. The molecule has 1 radical (unpaired) electrons. The lowest BCUT2D eigenvalue weighted by atomic mass is 9.98. The van der Waals surface area contributed by atoms with Crippen LogP contribution in [0.3, 0.4) is 0 Å². The molecule has 2 nitrogen and oxygen atoms in total. The van der Waals surface area contributed by atoms with Crippen LogP contribution in [0.15, 0.2) is 0 Å². The Bertz CT molecular complexity index is 121. The molecule has 1 atom stereocenters. The molecule has 0 saturated heterocycles. The first-order valence-electron chi connectivity index (χ1n) is 4.86. The van der Waals surface area contributed by atoms with Gasteiger partial charge in [0.05, 0.1) is 6.42 Å². The molecule has 0 rings (SSSR count). The number of hydrogen-bond acceptors (Lipinski definition) is 1. The maximum atomic E-state index is 10.1. The minimum Gasteiger partial charge on any atom is -0.247 e. The predicted octanol–water partition coefficient (Wildman–Crippen LogP) is 2.94. The molecule has 0 aliphatic rings. The molecule has 0 spiro atoms. The van der Waals surface area contributed by atoms with E-state index in [1.165, 1.54) is 19.3 Å². The second-order valence-electron chi connectivity index (χ2n) is 3.51. The molecule has 71 valence electrons. The van der Waals surface area contributed by atoms with Crippen molar-refractivity contribution in [2.24, 2.45) is 5.92 Å². The zero-order valence-electron chi connectivity index (χ0n) is 8.14. The zero-order chi connectivity index (χ0) is 9.40. The van der Waals surface area contributed by atoms with Gasteiger partial charge in [0, 0.05) is 0 Å². The highest BCUT2D eigenvalue weighted by molar-refractivity contribution is 5.66. The van der Waals surface area contributed by atoms with Crippen LogP contribution in [0.5, 0.6) is 0 Å². The van der Waals surface area contributed by atoms with Gasteiger partial charge in [-0.05, 0) is 12.3 Å². The summed E-state index contributed by atoms with van der Waals surface area (Å²) >= 11 is 0. The molecule has 0 aromatic carbocycles. The molecule has 0 amide bonds. The molecule has 0 N–H and O–H groups in total. The summed E-state index contributed by atoms with van der Waals surface area (Å²) in [6.07, 6.45) is 5.72. The van der Waals surface area contributed by atoms with Crippen LogP contribution in [-0.4, -0.2) is 5.97 Å². The van der Waals surface area contributed by atoms with Gasteiger partial charge in [-0.15, -0.1) is 0 Å². The summed E-state index contributed by atoms with van der Waals surface area (Å²) in [5, 5.41) is 10.1. The summed E-state index contributed by atoms with van der Waals surface area (Å²) in [5.41, 5.74) is 0. The van der Waals surface area contributed by atoms with Gasteiger partial charge < -0.3 is 0 Å². The first kappa shape index (κ1) is 11.5. The van der Waals surface area contributed by atoms with E-state index >= 15 is 0 Å². The number of carbonyl (C=O) groups is 1. The van der Waals surface area contributed by atoms with Crippen molar-refractivity contribution >= 4 is 5.97 Å². The van der Waals surface area contributed by atoms with E-state index in [1.807, 2.05) is 0 Å². The third-order valence-electron chi connectivity index (χ3n) is 2.13. The van der Waals surface area contributed by atoms with E-state index in [2.05, 4.69) is 13.8 Å². The van der Waals surface area contributed by atoms with Crippen molar-refractivity contribution in [1.29, 1.82) is 0 Å². The Morgan fingerprint density at radius 3 is 2.33 bits per heavy atom. The van der Waals surface area contributed by atoms with Crippen LogP contribution in [0.4, 0.5) is 0 Å². The minimum absolute atomic E-state index is 0.219. The van der Waals surface area contributed by atoms with E-state index < -0.39 is 5.97 Å². The Hall–Kier alpha value is -0.530. The highest BCUT2D eigenvalue weighted by atomic mass is 16.4. The fourth-order valence-electron chi connectivity index (χ4n) is 1.29. The summed E-state index contributed by atoms with van der Waals surface area (Å²) in [6.45, 7) is 4.36. The van der Waals surface area contributed by atoms with Gasteiger partial charge in [0.15, 0.2) is 0 Å². The van der Waals surface area contributed by atoms with E-state index in [0.717, 1.165) is 12.8 Å². The van der Waals surface area contributed by atoms with E-state index in [9.17, 15) is 9.90 Å². The maximum absolute atomic E-state index is 10.1. The number of rotatable bonds is 7. The topological polar surface area (TPSA) is 37.0 Å². The standard InChI is InChI=1S/C10H19O2/c1-3-4-6-9(2)7-5-8-10(11)12/h9H,3-8H2,1-2H3. The summed E-state index contributed by atoms with van der Waals surface area (Å²) in [6, 6.07) is 0. The Morgan fingerprint density at radius 2 is 1.83 bits per heavy atom. The molecule has 1 unspecified atom stereocenters. The molecule has 12 heavy (non-hydrogen) atoms. The molecule has 0 fully saturated rings. The third-order valence-corrected chi connectivity index (χ3v) is 2.13. The number of carbonyl (C=O) groups excluding carboxylic acids is 1. The van der Waals surface area contributed by atoms with Crippen molar-refractivity contribution in [3.8, 4) is 0 Å². The van der Waals surface area contributed by atoms with Crippen LogP contribution >= 0.6 is 0 Å². The summed E-state index contributed by atoms with van der Waals surface area (Å²) < 4.78 is 0. The molecule has 0 aliphatic carbocycles. The van der Waals surface area contributed by atoms with Gasteiger partial charge in [0.25, 0.3) is 0 Å². The van der Waals surface area contributed by atoms with Crippen molar-refractivity contribution < 1.29 is 9.90 Å². The van der Waals surface area contributed by atoms with Gasteiger partial charge in [0.2, 0.25) is 0 Å². The predicted molar refractivity (Wildman–Crippen MR) is 48.2 cm³/mol. The lowest BCUT2D eigenvalue weighted by Gasteiger charge is -2.08. The Kier molecular flexibility index (Phi) is 6.82. The SMILES string of the molecule is CCCCC(C)CCCC([O])=O. The molecule has 0 bridgehead atoms. The first-order valence-corrected chi connectivity index (χ1v) is 4.86. The second-order valence-corrected chi connectivity index (χ2v) is 3.51. The molecular weight excluding hydrogens is 152 g/mol. The van der Waals surface area contributed by atoms with E-state index in [4.69, 9.17) is 0 Å². The smallest absolute Gasteiger partial charge is 0.247 e. The van der Waals surface area contributed by atoms with Gasteiger partial charge in [0.1, 0.15) is 0 Å². The molecule has 0 saturated carbocycles. The van der Waals surface area contributed by atoms with Crippen molar-refractivity contribution in [3.05, 3.63) is 0 Å². The highest BCUT2D eigenvalue weighted by Crippen LogP contribution is 2.14. The summed E-state index contributed by atoms with van der Waals surface area (Å²) in [7, 11) is 0. The highest BCUT2D eigenvalue weighted by Gasteiger charge is 2.04. The Labute approximate surface area is 75.0 Å². The van der Waals surface area contributed by atoms with Crippen LogP contribution in [0.25, 0.3) is 0 Å². The molecule has 0 heterocycles. The lowest BCUT2D eigenvalue weighted by molar-refractivity contribution is -0.143. The third kappa shape index (κ3) is 7.58. The largest absolute Gasteiger partial charge is 0.355 e. The van der Waals surface area contributed by atoms with Crippen molar-refractivity contribution in [2.75, 3.05) is 0 Å². The van der Waals surface area contributed by atoms with E-state index in [0.29, 0.717) is 5.92 Å². The van der Waals surface area contributed by atoms with Gasteiger partial charge in [-0.25, -0.2) is 9.90 Å². The van der Waals surface area contributed by atoms with Gasteiger partial charge in [-0.1, -0.05) is 39.5 Å². The van der Waals surface area contributed by atoms with Crippen molar-refractivity contribution in [1.82, 2.24) is 0 Å². The molecule has 0 aromatic rings. The van der Waals surface area contributed by atoms with Crippen LogP contribution in [0.2, 0.25) is 0 Å². The van der Waals surface area contributed by atoms with Crippen molar-refractivity contribution in [3.63, 3.8) is 0 Å². The first-order chi connectivity index (χ1) is 5.66. The molecular formula is C10H19O2. The van der Waals surface area contributed by atoms with Crippen LogP contribution < -0.4 is 0 Å². The van der Waals surface area contributed by atoms with Crippen LogP contribution in [-0.2, 0) is 9.90 Å². The number of hydrogen-bond donors (Lipinski definition) is 0.